The van der Waals surface area contributed by atoms with Crippen molar-refractivity contribution in [3.8, 4) is 0 Å². The number of carboxylic acid groups (broad SMARTS) is 1. The number of rotatable bonds is 9. The molecular formula is C22H35N3O4Si. The van der Waals surface area contributed by atoms with E-state index < -0.39 is 20.2 Å². The summed E-state index contributed by atoms with van der Waals surface area (Å²) < 4.78 is 7.61. The molecule has 2 atom stereocenters. The molecular weight excluding hydrogens is 398 g/mol. The van der Waals surface area contributed by atoms with Crippen LogP contribution >= 0.6 is 0 Å². The van der Waals surface area contributed by atoms with Crippen LogP contribution < -0.4 is 5.32 Å². The van der Waals surface area contributed by atoms with Crippen molar-refractivity contribution in [3.63, 3.8) is 0 Å². The molecule has 1 aromatic heterocycles. The molecule has 1 amide bonds. The molecule has 0 bridgehead atoms. The summed E-state index contributed by atoms with van der Waals surface area (Å²) in [4.78, 5) is 22.9. The highest BCUT2D eigenvalue weighted by Gasteiger charge is 2.35. The number of amides is 1. The lowest BCUT2D eigenvalue weighted by Gasteiger charge is -2.35. The lowest BCUT2D eigenvalue weighted by atomic mass is 9.72. The monoisotopic (exact) mass is 433 g/mol. The van der Waals surface area contributed by atoms with Crippen LogP contribution in [0.5, 0.6) is 0 Å². The van der Waals surface area contributed by atoms with Gasteiger partial charge in [0.15, 0.2) is 0 Å². The number of hydrogen-bond donors (Lipinski definition) is 2. The number of carbonyl (C=O) groups is 2. The zero-order valence-corrected chi connectivity index (χ0v) is 20.2. The lowest BCUT2D eigenvalue weighted by Crippen LogP contribution is -2.44. The molecule has 0 saturated heterocycles. The molecule has 0 spiro atoms. The van der Waals surface area contributed by atoms with Crippen LogP contribution in [-0.2, 0) is 16.3 Å². The van der Waals surface area contributed by atoms with E-state index >= 15 is 0 Å². The summed E-state index contributed by atoms with van der Waals surface area (Å²) >= 11 is 0. The van der Waals surface area contributed by atoms with Crippen LogP contribution in [0.3, 0.4) is 0 Å². The first kappa shape index (κ1) is 24.1. The van der Waals surface area contributed by atoms with Crippen LogP contribution in [0.4, 0.5) is 4.79 Å². The molecule has 2 unspecified atom stereocenters. The zero-order chi connectivity index (χ0) is 22.7. The fourth-order valence-corrected chi connectivity index (χ4v) is 4.51. The third kappa shape index (κ3) is 6.40. The molecule has 166 valence electrons. The van der Waals surface area contributed by atoms with E-state index in [1.54, 1.807) is 4.68 Å². The average molecular weight is 434 g/mol. The Morgan fingerprint density at radius 3 is 2.53 bits per heavy atom. The Morgan fingerprint density at radius 2 is 2.00 bits per heavy atom. The van der Waals surface area contributed by atoms with Gasteiger partial charge in [-0.3, -0.25) is 0 Å². The minimum absolute atomic E-state index is 0.314. The number of benzene rings is 1. The molecule has 0 fully saturated rings. The Morgan fingerprint density at radius 1 is 1.33 bits per heavy atom. The summed E-state index contributed by atoms with van der Waals surface area (Å²) in [6.07, 6.45) is 1.42. The standard InChI is InChI=1S/C22H35N3O4Si/c1-15-10-16(19(22(2,3)4)18(13-26)23-21(27)28)11-17-12-25(24-20(15)17)14-29-8-9-30(5,6)7/h10-13,18-19,23H,8-9,14H2,1-7H3,(H,27,28). The topological polar surface area (TPSA) is 93.5 Å². The fraction of sp³-hybridized carbons (Fsp3) is 0.591. The molecule has 1 heterocycles. The summed E-state index contributed by atoms with van der Waals surface area (Å²) in [6, 6.07) is 4.28. The van der Waals surface area contributed by atoms with Gasteiger partial charge in [-0.2, -0.15) is 5.10 Å². The molecule has 2 rings (SSSR count). The molecule has 0 aliphatic rings. The Bertz CT molecular complexity index is 896. The first-order valence-corrected chi connectivity index (χ1v) is 14.0. The van der Waals surface area contributed by atoms with Crippen molar-refractivity contribution in [1.82, 2.24) is 15.1 Å². The summed E-state index contributed by atoms with van der Waals surface area (Å²) in [7, 11) is -1.13. The highest BCUT2D eigenvalue weighted by atomic mass is 28.3. The highest BCUT2D eigenvalue weighted by molar-refractivity contribution is 6.76. The van der Waals surface area contributed by atoms with Crippen molar-refractivity contribution in [1.29, 1.82) is 0 Å². The van der Waals surface area contributed by atoms with Crippen molar-refractivity contribution in [2.45, 2.75) is 72.1 Å². The number of nitrogens with zero attached hydrogens (tertiary/aromatic N) is 2. The average Bonchev–Trinajstić information content (AvgIpc) is 2.99. The first-order valence-electron chi connectivity index (χ1n) is 10.3. The van der Waals surface area contributed by atoms with E-state index in [-0.39, 0.29) is 11.3 Å². The number of nitrogens with one attached hydrogen (secondary N) is 1. The van der Waals surface area contributed by atoms with E-state index in [1.165, 1.54) is 0 Å². The van der Waals surface area contributed by atoms with E-state index in [2.05, 4.69) is 30.1 Å². The SMILES string of the molecule is Cc1cc(C(C(C=O)NC(=O)O)C(C)(C)C)cc2cn(COCC[Si](C)(C)C)nc12. The molecule has 8 heteroatoms. The summed E-state index contributed by atoms with van der Waals surface area (Å²) in [5.41, 5.74) is 2.45. The van der Waals surface area contributed by atoms with Gasteiger partial charge in [-0.05, 0) is 35.6 Å². The van der Waals surface area contributed by atoms with E-state index in [0.717, 1.165) is 34.7 Å². The van der Waals surface area contributed by atoms with Gasteiger partial charge in [-0.15, -0.1) is 0 Å². The lowest BCUT2D eigenvalue weighted by molar-refractivity contribution is -0.110. The molecule has 0 saturated carbocycles. The molecule has 0 radical (unpaired) electrons. The van der Waals surface area contributed by atoms with Crippen molar-refractivity contribution in [2.24, 2.45) is 5.41 Å². The van der Waals surface area contributed by atoms with Gasteiger partial charge in [-0.1, -0.05) is 46.5 Å². The molecule has 2 aromatic rings. The smallest absolute Gasteiger partial charge is 0.405 e. The van der Waals surface area contributed by atoms with Crippen LogP contribution in [0, 0.1) is 12.3 Å². The summed E-state index contributed by atoms with van der Waals surface area (Å²) in [5, 5.41) is 17.1. The Balaban J connectivity index is 2.32. The quantitative estimate of drug-likeness (QED) is 0.342. The second-order valence-corrected chi connectivity index (χ2v) is 15.9. The summed E-state index contributed by atoms with van der Waals surface area (Å²) in [6.45, 7) is 16.1. The van der Waals surface area contributed by atoms with Gasteiger partial charge < -0.3 is 20.0 Å². The Hall–Kier alpha value is -2.19. The molecule has 2 N–H and O–H groups in total. The second-order valence-electron chi connectivity index (χ2n) is 10.2. The molecule has 0 aliphatic carbocycles. The normalized spacial score (nSPS) is 14.5. The minimum atomic E-state index is -1.21. The van der Waals surface area contributed by atoms with Crippen LogP contribution in [0.15, 0.2) is 18.3 Å². The van der Waals surface area contributed by atoms with Crippen molar-refractivity contribution in [2.75, 3.05) is 6.61 Å². The molecule has 30 heavy (non-hydrogen) atoms. The maximum Gasteiger partial charge on any atom is 0.405 e. The number of hydrogen-bond acceptors (Lipinski definition) is 4. The van der Waals surface area contributed by atoms with Crippen LogP contribution in [0.2, 0.25) is 25.7 Å². The largest absolute Gasteiger partial charge is 0.465 e. The number of ether oxygens (including phenoxy) is 1. The number of aryl methyl sites for hydroxylation is 1. The van der Waals surface area contributed by atoms with Gasteiger partial charge >= 0.3 is 6.09 Å². The van der Waals surface area contributed by atoms with Crippen LogP contribution in [0.1, 0.15) is 37.8 Å². The predicted molar refractivity (Wildman–Crippen MR) is 122 cm³/mol. The zero-order valence-electron chi connectivity index (χ0n) is 19.2. The van der Waals surface area contributed by atoms with Gasteiger partial charge in [0.05, 0.1) is 11.6 Å². The maximum atomic E-state index is 11.7. The molecule has 1 aromatic carbocycles. The van der Waals surface area contributed by atoms with Gasteiger partial charge in [-0.25, -0.2) is 9.48 Å². The van der Waals surface area contributed by atoms with Crippen LogP contribution in [0.25, 0.3) is 10.9 Å². The van der Waals surface area contributed by atoms with E-state index in [1.807, 2.05) is 46.0 Å². The van der Waals surface area contributed by atoms with Crippen molar-refractivity contribution >= 4 is 31.4 Å². The number of carbonyl (C=O) groups excluding carboxylic acids is 1. The Kier molecular flexibility index (Phi) is 7.47. The molecule has 0 aliphatic heterocycles. The van der Waals surface area contributed by atoms with E-state index in [4.69, 9.17) is 9.84 Å². The Labute approximate surface area is 179 Å². The maximum absolute atomic E-state index is 11.7. The number of aldehydes is 1. The predicted octanol–water partition coefficient (Wildman–Crippen LogP) is 4.62. The van der Waals surface area contributed by atoms with E-state index in [0.29, 0.717) is 13.0 Å². The van der Waals surface area contributed by atoms with Gasteiger partial charge in [0.25, 0.3) is 0 Å². The molecule has 7 nitrogen and oxygen atoms in total. The third-order valence-electron chi connectivity index (χ3n) is 5.18. The summed E-state index contributed by atoms with van der Waals surface area (Å²) in [5.74, 6) is -0.314. The minimum Gasteiger partial charge on any atom is -0.465 e. The number of fused-ring (bicyclic) bond motifs is 1. The van der Waals surface area contributed by atoms with Gasteiger partial charge in [0.2, 0.25) is 0 Å². The second kappa shape index (κ2) is 9.30. The highest BCUT2D eigenvalue weighted by Crippen LogP contribution is 2.39. The van der Waals surface area contributed by atoms with Gasteiger partial charge in [0, 0.05) is 32.2 Å². The van der Waals surface area contributed by atoms with Crippen LogP contribution in [-0.4, -0.2) is 48.0 Å². The van der Waals surface area contributed by atoms with Gasteiger partial charge in [0.1, 0.15) is 13.0 Å². The third-order valence-corrected chi connectivity index (χ3v) is 6.88. The fourth-order valence-electron chi connectivity index (χ4n) is 3.76. The van der Waals surface area contributed by atoms with Crippen molar-refractivity contribution < 1.29 is 19.4 Å². The van der Waals surface area contributed by atoms with E-state index in [9.17, 15) is 9.59 Å². The number of aromatic nitrogens is 2. The first-order chi connectivity index (χ1) is 13.8. The van der Waals surface area contributed by atoms with Crippen molar-refractivity contribution in [3.05, 3.63) is 29.5 Å².